The largest absolute Gasteiger partial charge is 0.369 e. The Hall–Kier alpha value is -2.14. The number of para-hydroxylation sites is 1. The van der Waals surface area contributed by atoms with Crippen molar-refractivity contribution in [2.45, 2.75) is 61.4 Å². The fourth-order valence-corrected chi connectivity index (χ4v) is 6.53. The van der Waals surface area contributed by atoms with E-state index >= 15 is 0 Å². The Morgan fingerprint density at radius 3 is 2.82 bits per heavy atom. The summed E-state index contributed by atoms with van der Waals surface area (Å²) in [5.41, 5.74) is 2.67. The Balaban J connectivity index is 1.52. The molecule has 3 aromatic heterocycles. The topological polar surface area (TPSA) is 81.4 Å². The van der Waals surface area contributed by atoms with E-state index in [1.807, 2.05) is 47.9 Å². The van der Waals surface area contributed by atoms with Gasteiger partial charge in [0.1, 0.15) is 4.83 Å². The zero-order valence-electron chi connectivity index (χ0n) is 18.9. The van der Waals surface area contributed by atoms with E-state index in [0.29, 0.717) is 11.8 Å². The van der Waals surface area contributed by atoms with Gasteiger partial charge in [-0.3, -0.25) is 4.79 Å². The van der Waals surface area contributed by atoms with E-state index in [9.17, 15) is 4.79 Å². The van der Waals surface area contributed by atoms with Crippen LogP contribution in [0.3, 0.4) is 0 Å². The molecular formula is C23H25N5O2S3. The molecule has 0 spiro atoms. The Bertz CT molecular complexity index is 1340. The molecule has 10 heteroatoms. The molecule has 2 atom stereocenters. The normalized spacial score (nSPS) is 19.0. The lowest BCUT2D eigenvalue weighted by Gasteiger charge is -2.33. The van der Waals surface area contributed by atoms with Crippen molar-refractivity contribution >= 4 is 62.3 Å². The van der Waals surface area contributed by atoms with Gasteiger partial charge >= 0.3 is 0 Å². The van der Waals surface area contributed by atoms with E-state index in [1.165, 1.54) is 22.2 Å². The minimum atomic E-state index is -0.351. The third-order valence-corrected chi connectivity index (χ3v) is 8.82. The van der Waals surface area contributed by atoms with Gasteiger partial charge in [0.15, 0.2) is 16.0 Å². The average Bonchev–Trinajstić information content (AvgIpc) is 3.39. The number of nitrogens with one attached hydrogen (secondary N) is 1. The molecule has 1 aliphatic rings. The highest BCUT2D eigenvalue weighted by Gasteiger charge is 2.34. The second-order valence-electron chi connectivity index (χ2n) is 8.31. The molecule has 4 heterocycles. The number of ether oxygens (including phenoxy) is 1. The summed E-state index contributed by atoms with van der Waals surface area (Å²) in [6.45, 7) is 6.81. The predicted molar refractivity (Wildman–Crippen MR) is 136 cm³/mol. The van der Waals surface area contributed by atoms with E-state index < -0.39 is 0 Å². The first-order valence-corrected chi connectivity index (χ1v) is 13.7. The number of fused-ring (bicyclic) bond motifs is 5. The van der Waals surface area contributed by atoms with Crippen molar-refractivity contribution in [1.29, 1.82) is 0 Å². The molecule has 0 aliphatic carbocycles. The van der Waals surface area contributed by atoms with Crippen LogP contribution in [0.4, 0.5) is 5.69 Å². The number of hydrogen-bond donors (Lipinski definition) is 1. The molecule has 0 fully saturated rings. The molecule has 1 aromatic carbocycles. The molecule has 0 bridgehead atoms. The molecule has 0 saturated carbocycles. The highest BCUT2D eigenvalue weighted by molar-refractivity contribution is 8.00. The molecule has 0 radical (unpaired) electrons. The van der Waals surface area contributed by atoms with Gasteiger partial charge in [-0.05, 0) is 44.2 Å². The standard InChI is InChI=1S/C23H25N5O2S3/c1-5-23(3)11-15-16(12-30-23)33-20-17(15)18-26-27-22(28(18)21(25-20)31-4)32-13(2)19(29)24-14-9-7-6-8-10-14/h6-10,13H,5,11-12H2,1-4H3,(H,24,29)/t13-,23-/m1/s1. The fraction of sp³-hybridized carbons (Fsp3) is 0.391. The summed E-state index contributed by atoms with van der Waals surface area (Å²) in [7, 11) is 0. The fourth-order valence-electron chi connectivity index (χ4n) is 3.93. The number of benzene rings is 1. The van der Waals surface area contributed by atoms with Crippen molar-refractivity contribution in [3.05, 3.63) is 40.8 Å². The van der Waals surface area contributed by atoms with Gasteiger partial charge in [-0.1, -0.05) is 48.6 Å². The summed E-state index contributed by atoms with van der Waals surface area (Å²) in [5.74, 6) is -0.0773. The number of nitrogens with zero attached hydrogens (tertiary/aromatic N) is 4. The Morgan fingerprint density at radius 2 is 2.09 bits per heavy atom. The number of rotatable bonds is 6. The molecule has 4 aromatic rings. The molecule has 1 aliphatic heterocycles. The van der Waals surface area contributed by atoms with Crippen LogP contribution in [-0.2, 0) is 22.6 Å². The van der Waals surface area contributed by atoms with Crippen molar-refractivity contribution in [3.8, 4) is 0 Å². The van der Waals surface area contributed by atoms with Gasteiger partial charge in [-0.15, -0.1) is 21.5 Å². The minimum Gasteiger partial charge on any atom is -0.369 e. The van der Waals surface area contributed by atoms with E-state index in [1.54, 1.807) is 23.1 Å². The lowest BCUT2D eigenvalue weighted by atomic mass is 9.90. The second-order valence-corrected chi connectivity index (χ2v) is 11.5. The van der Waals surface area contributed by atoms with Gasteiger partial charge < -0.3 is 10.1 Å². The van der Waals surface area contributed by atoms with Crippen LogP contribution < -0.4 is 5.32 Å². The third kappa shape index (κ3) is 4.14. The molecule has 172 valence electrons. The first-order valence-electron chi connectivity index (χ1n) is 10.8. The monoisotopic (exact) mass is 499 g/mol. The number of hydrogen-bond acceptors (Lipinski definition) is 8. The zero-order chi connectivity index (χ0) is 23.2. The molecule has 5 rings (SSSR count). The number of thiophene rings is 1. The minimum absolute atomic E-state index is 0.0773. The SMILES string of the molecule is CC[C@]1(C)Cc2c(sc3nc(SC)n4c(S[C@H](C)C(=O)Nc5ccccc5)nnc4c23)CO1. The van der Waals surface area contributed by atoms with Crippen molar-refractivity contribution < 1.29 is 9.53 Å². The van der Waals surface area contributed by atoms with E-state index in [0.717, 1.165) is 39.5 Å². The maximum absolute atomic E-state index is 12.8. The van der Waals surface area contributed by atoms with E-state index in [-0.39, 0.29) is 16.8 Å². The van der Waals surface area contributed by atoms with Crippen LogP contribution >= 0.6 is 34.9 Å². The first kappa shape index (κ1) is 22.6. The average molecular weight is 500 g/mol. The zero-order valence-corrected chi connectivity index (χ0v) is 21.4. The number of amides is 1. The van der Waals surface area contributed by atoms with Gasteiger partial charge in [0.05, 0.1) is 22.8 Å². The Morgan fingerprint density at radius 1 is 1.30 bits per heavy atom. The summed E-state index contributed by atoms with van der Waals surface area (Å²) in [5, 5.41) is 14.2. The lowest BCUT2D eigenvalue weighted by Crippen LogP contribution is -2.33. The molecule has 0 unspecified atom stereocenters. The smallest absolute Gasteiger partial charge is 0.237 e. The molecule has 33 heavy (non-hydrogen) atoms. The number of aromatic nitrogens is 4. The van der Waals surface area contributed by atoms with Crippen LogP contribution in [0.1, 0.15) is 37.6 Å². The highest BCUT2D eigenvalue weighted by Crippen LogP contribution is 2.42. The summed E-state index contributed by atoms with van der Waals surface area (Å²) in [4.78, 5) is 19.9. The van der Waals surface area contributed by atoms with Crippen molar-refractivity contribution in [2.24, 2.45) is 0 Å². The van der Waals surface area contributed by atoms with Gasteiger partial charge in [0.2, 0.25) is 5.91 Å². The van der Waals surface area contributed by atoms with Crippen LogP contribution in [0, 0.1) is 0 Å². The maximum Gasteiger partial charge on any atom is 0.237 e. The van der Waals surface area contributed by atoms with Crippen molar-refractivity contribution in [2.75, 3.05) is 11.6 Å². The molecular weight excluding hydrogens is 474 g/mol. The highest BCUT2D eigenvalue weighted by atomic mass is 32.2. The predicted octanol–water partition coefficient (Wildman–Crippen LogP) is 5.42. The van der Waals surface area contributed by atoms with E-state index in [2.05, 4.69) is 29.4 Å². The maximum atomic E-state index is 12.8. The molecule has 1 N–H and O–H groups in total. The Labute approximate surface area is 204 Å². The van der Waals surface area contributed by atoms with Crippen molar-refractivity contribution in [3.63, 3.8) is 0 Å². The van der Waals surface area contributed by atoms with Crippen LogP contribution in [0.25, 0.3) is 15.9 Å². The third-order valence-electron chi connectivity index (χ3n) is 6.04. The van der Waals surface area contributed by atoms with Crippen LogP contribution in [0.2, 0.25) is 0 Å². The molecule has 7 nitrogen and oxygen atoms in total. The van der Waals surface area contributed by atoms with Gasteiger partial charge in [-0.2, -0.15) is 0 Å². The number of anilines is 1. The summed E-state index contributed by atoms with van der Waals surface area (Å²) in [6.07, 6.45) is 3.77. The lowest BCUT2D eigenvalue weighted by molar-refractivity contribution is -0.115. The number of thioether (sulfide) groups is 2. The number of carbonyl (C=O) groups is 1. The second kappa shape index (κ2) is 8.90. The summed E-state index contributed by atoms with van der Waals surface area (Å²) >= 11 is 4.63. The summed E-state index contributed by atoms with van der Waals surface area (Å²) in [6, 6.07) is 9.48. The van der Waals surface area contributed by atoms with Gasteiger partial charge in [0, 0.05) is 17.0 Å². The van der Waals surface area contributed by atoms with Crippen LogP contribution in [-0.4, -0.2) is 42.6 Å². The van der Waals surface area contributed by atoms with Crippen LogP contribution in [0.15, 0.2) is 40.6 Å². The Kier molecular flexibility index (Phi) is 6.11. The van der Waals surface area contributed by atoms with Gasteiger partial charge in [-0.25, -0.2) is 9.38 Å². The molecule has 0 saturated heterocycles. The van der Waals surface area contributed by atoms with E-state index in [4.69, 9.17) is 9.72 Å². The summed E-state index contributed by atoms with van der Waals surface area (Å²) < 4.78 is 8.15. The quantitative estimate of drug-likeness (QED) is 0.280. The van der Waals surface area contributed by atoms with Gasteiger partial charge in [0.25, 0.3) is 0 Å². The number of carbonyl (C=O) groups excluding carboxylic acids is 1. The van der Waals surface area contributed by atoms with Crippen molar-refractivity contribution in [1.82, 2.24) is 19.6 Å². The first-order chi connectivity index (χ1) is 15.9. The van der Waals surface area contributed by atoms with Crippen LogP contribution in [0.5, 0.6) is 0 Å². The molecule has 1 amide bonds.